The molecule has 5 nitrogen and oxygen atoms in total. The number of anilines is 1. The Kier molecular flexibility index (Phi) is 4.48. The zero-order valence-electron chi connectivity index (χ0n) is 14.2. The van der Waals surface area contributed by atoms with Crippen LogP contribution in [0.2, 0.25) is 0 Å². The maximum Gasteiger partial charge on any atom is 0.301 e. The summed E-state index contributed by atoms with van der Waals surface area (Å²) in [5.41, 5.74) is 0.448. The molecule has 0 saturated carbocycles. The zero-order valence-corrected chi connectivity index (χ0v) is 15.0. The van der Waals surface area contributed by atoms with Crippen LogP contribution in [0.25, 0.3) is 5.76 Å². The molecule has 4 rings (SSSR count). The minimum atomic E-state index is -0.989. The van der Waals surface area contributed by atoms with E-state index >= 15 is 0 Å². The topological polar surface area (TPSA) is 70.5 Å². The van der Waals surface area contributed by atoms with Crippen LogP contribution in [-0.2, 0) is 9.59 Å². The number of thiazole rings is 1. The number of aliphatic hydroxyl groups excluding tert-OH is 1. The van der Waals surface area contributed by atoms with Gasteiger partial charge in [0.05, 0.1) is 11.6 Å². The molecule has 0 bridgehead atoms. The van der Waals surface area contributed by atoms with Gasteiger partial charge in [0, 0.05) is 17.1 Å². The summed E-state index contributed by atoms with van der Waals surface area (Å²) in [7, 11) is 0. The number of benzene rings is 2. The van der Waals surface area contributed by atoms with Crippen molar-refractivity contribution in [3.63, 3.8) is 0 Å². The maximum absolute atomic E-state index is 13.4. The van der Waals surface area contributed by atoms with Crippen molar-refractivity contribution in [3.8, 4) is 0 Å². The Morgan fingerprint density at radius 3 is 2.18 bits per heavy atom. The largest absolute Gasteiger partial charge is 0.507 e. The highest BCUT2D eigenvalue weighted by Crippen LogP contribution is 2.42. The molecule has 1 aromatic heterocycles. The molecule has 0 radical (unpaired) electrons. The van der Waals surface area contributed by atoms with Crippen molar-refractivity contribution in [3.05, 3.63) is 88.4 Å². The van der Waals surface area contributed by atoms with Crippen LogP contribution in [0.1, 0.15) is 17.2 Å². The minimum Gasteiger partial charge on any atom is -0.507 e. The van der Waals surface area contributed by atoms with Crippen LogP contribution in [0.15, 0.2) is 65.7 Å². The molecule has 0 aliphatic carbocycles. The summed E-state index contributed by atoms with van der Waals surface area (Å²) in [5.74, 6) is -3.17. The van der Waals surface area contributed by atoms with Crippen molar-refractivity contribution in [1.82, 2.24) is 4.98 Å². The Bertz CT molecular complexity index is 1080. The van der Waals surface area contributed by atoms with Gasteiger partial charge in [-0.15, -0.1) is 11.3 Å². The van der Waals surface area contributed by atoms with E-state index < -0.39 is 35.1 Å². The predicted octanol–water partition coefficient (Wildman–Crippen LogP) is 4.05. The summed E-state index contributed by atoms with van der Waals surface area (Å²) >= 11 is 1.15. The average Bonchev–Trinajstić information content (AvgIpc) is 3.30. The predicted molar refractivity (Wildman–Crippen MR) is 99.7 cm³/mol. The third-order valence-corrected chi connectivity index (χ3v) is 5.14. The third-order valence-electron chi connectivity index (χ3n) is 4.37. The van der Waals surface area contributed by atoms with E-state index in [-0.39, 0.29) is 16.3 Å². The minimum absolute atomic E-state index is 0.168. The Balaban J connectivity index is 1.93. The number of carbonyl (C=O) groups excluding carboxylic acids is 2. The number of aromatic nitrogens is 1. The second kappa shape index (κ2) is 6.97. The summed E-state index contributed by atoms with van der Waals surface area (Å²) in [6, 6.07) is 9.18. The van der Waals surface area contributed by atoms with Crippen LogP contribution in [0, 0.1) is 11.6 Å². The first-order chi connectivity index (χ1) is 13.5. The first kappa shape index (κ1) is 18.0. The van der Waals surface area contributed by atoms with Crippen LogP contribution in [-0.4, -0.2) is 21.8 Å². The molecule has 2 heterocycles. The summed E-state index contributed by atoms with van der Waals surface area (Å²) in [6.45, 7) is 0. The molecule has 1 aliphatic rings. The molecular weight excluding hydrogens is 386 g/mol. The Labute approximate surface area is 162 Å². The van der Waals surface area contributed by atoms with Gasteiger partial charge in [-0.3, -0.25) is 14.5 Å². The normalized spacial score (nSPS) is 18.6. The van der Waals surface area contributed by atoms with E-state index in [9.17, 15) is 23.5 Å². The lowest BCUT2D eigenvalue weighted by Gasteiger charge is -2.22. The van der Waals surface area contributed by atoms with Gasteiger partial charge in [0.2, 0.25) is 0 Å². The van der Waals surface area contributed by atoms with Crippen LogP contribution in [0.4, 0.5) is 13.9 Å². The van der Waals surface area contributed by atoms with E-state index in [0.29, 0.717) is 5.56 Å². The summed E-state index contributed by atoms with van der Waals surface area (Å²) < 4.78 is 26.6. The van der Waals surface area contributed by atoms with Crippen molar-refractivity contribution in [2.75, 3.05) is 4.90 Å². The van der Waals surface area contributed by atoms with Crippen molar-refractivity contribution < 1.29 is 23.5 Å². The summed E-state index contributed by atoms with van der Waals surface area (Å²) in [5, 5.41) is 12.7. The lowest BCUT2D eigenvalue weighted by molar-refractivity contribution is -0.132. The highest BCUT2D eigenvalue weighted by molar-refractivity contribution is 7.14. The lowest BCUT2D eigenvalue weighted by atomic mass is 9.95. The molecule has 140 valence electrons. The highest BCUT2D eigenvalue weighted by Gasteiger charge is 2.47. The van der Waals surface area contributed by atoms with Gasteiger partial charge >= 0.3 is 5.91 Å². The van der Waals surface area contributed by atoms with Crippen molar-refractivity contribution >= 4 is 33.9 Å². The molecule has 1 N–H and O–H groups in total. The Hall–Kier alpha value is -3.39. The first-order valence-electron chi connectivity index (χ1n) is 8.19. The zero-order chi connectivity index (χ0) is 19.8. The van der Waals surface area contributed by atoms with Gasteiger partial charge in [-0.2, -0.15) is 0 Å². The first-order valence-corrected chi connectivity index (χ1v) is 9.07. The number of rotatable bonds is 3. The van der Waals surface area contributed by atoms with Crippen LogP contribution < -0.4 is 4.90 Å². The monoisotopic (exact) mass is 398 g/mol. The second-order valence-electron chi connectivity index (χ2n) is 6.04. The van der Waals surface area contributed by atoms with Gasteiger partial charge in [-0.1, -0.05) is 12.1 Å². The van der Waals surface area contributed by atoms with E-state index in [4.69, 9.17) is 0 Å². The van der Waals surface area contributed by atoms with Crippen molar-refractivity contribution in [1.29, 1.82) is 0 Å². The molecule has 1 saturated heterocycles. The molecular formula is C20H12F2N2O3S. The van der Waals surface area contributed by atoms with E-state index in [0.717, 1.165) is 23.5 Å². The standard InChI is InChI=1S/C20H12F2N2O3S/c21-13-5-1-11(2-6-13)16-15(17(25)12-3-7-14(22)8-4-12)18(26)19(27)24(16)20-23-9-10-28-20/h1-10,16,25H/b17-15-. The molecule has 3 aromatic rings. The highest BCUT2D eigenvalue weighted by atomic mass is 32.1. The molecule has 0 spiro atoms. The van der Waals surface area contributed by atoms with E-state index in [1.165, 1.54) is 47.5 Å². The van der Waals surface area contributed by atoms with Crippen molar-refractivity contribution in [2.45, 2.75) is 6.04 Å². The summed E-state index contributed by atoms with van der Waals surface area (Å²) in [4.78, 5) is 30.8. The molecule has 8 heteroatoms. The van der Waals surface area contributed by atoms with Crippen LogP contribution in [0.5, 0.6) is 0 Å². The quantitative estimate of drug-likeness (QED) is 0.411. The maximum atomic E-state index is 13.4. The van der Waals surface area contributed by atoms with Gasteiger partial charge in [-0.25, -0.2) is 13.8 Å². The number of nitrogens with zero attached hydrogens (tertiary/aromatic N) is 2. The molecule has 1 atom stereocenters. The van der Waals surface area contributed by atoms with Crippen LogP contribution >= 0.6 is 11.3 Å². The van der Waals surface area contributed by atoms with E-state index in [1.807, 2.05) is 0 Å². The smallest absolute Gasteiger partial charge is 0.301 e. The fourth-order valence-corrected chi connectivity index (χ4v) is 3.76. The number of carbonyl (C=O) groups is 2. The van der Waals surface area contributed by atoms with E-state index in [2.05, 4.69) is 4.98 Å². The molecule has 28 heavy (non-hydrogen) atoms. The molecule has 1 fully saturated rings. The number of hydrogen-bond acceptors (Lipinski definition) is 5. The number of amides is 1. The van der Waals surface area contributed by atoms with Gasteiger partial charge < -0.3 is 5.11 Å². The van der Waals surface area contributed by atoms with Gasteiger partial charge in [0.25, 0.3) is 5.78 Å². The fraction of sp³-hybridized carbons (Fsp3) is 0.0500. The molecule has 1 unspecified atom stereocenters. The Morgan fingerprint density at radius 2 is 1.61 bits per heavy atom. The van der Waals surface area contributed by atoms with Gasteiger partial charge in [-0.05, 0) is 42.0 Å². The molecule has 1 amide bonds. The fourth-order valence-electron chi connectivity index (χ4n) is 3.09. The molecule has 1 aliphatic heterocycles. The number of ketones is 1. The van der Waals surface area contributed by atoms with Gasteiger partial charge in [0.15, 0.2) is 5.13 Å². The van der Waals surface area contributed by atoms with E-state index in [1.54, 1.807) is 5.38 Å². The summed E-state index contributed by atoms with van der Waals surface area (Å²) in [6.07, 6.45) is 1.49. The Morgan fingerprint density at radius 1 is 1.00 bits per heavy atom. The molecule has 2 aromatic carbocycles. The average molecular weight is 398 g/mol. The number of halogens is 2. The van der Waals surface area contributed by atoms with Gasteiger partial charge in [0.1, 0.15) is 17.4 Å². The van der Waals surface area contributed by atoms with Crippen LogP contribution in [0.3, 0.4) is 0 Å². The number of aliphatic hydroxyl groups is 1. The third kappa shape index (κ3) is 2.97. The lowest BCUT2D eigenvalue weighted by Crippen LogP contribution is -2.29. The number of hydrogen-bond donors (Lipinski definition) is 1. The SMILES string of the molecule is O=C1C(=O)N(c2nccs2)C(c2ccc(F)cc2)/C1=C(/O)c1ccc(F)cc1. The number of Topliss-reactive ketones (excluding diaryl/α,β-unsaturated/α-hetero) is 1. The second-order valence-corrected chi connectivity index (χ2v) is 6.92. The van der Waals surface area contributed by atoms with Crippen molar-refractivity contribution in [2.24, 2.45) is 0 Å².